The number of ether oxygens (including phenoxy) is 1. The monoisotopic (exact) mass is 386 g/mol. The fourth-order valence-corrected chi connectivity index (χ4v) is 3.22. The van der Waals surface area contributed by atoms with E-state index in [2.05, 4.69) is 0 Å². The van der Waals surface area contributed by atoms with E-state index in [1.54, 1.807) is 18.2 Å². The van der Waals surface area contributed by atoms with Gasteiger partial charge in [0.15, 0.2) is 12.4 Å². The van der Waals surface area contributed by atoms with Gasteiger partial charge in [0, 0.05) is 24.7 Å². The van der Waals surface area contributed by atoms with Gasteiger partial charge >= 0.3 is 5.97 Å². The number of carbonyl (C=O) groups is 2. The number of rotatable bonds is 6. The lowest BCUT2D eigenvalue weighted by Gasteiger charge is -2.32. The Morgan fingerprint density at radius 1 is 1.11 bits per heavy atom. The lowest BCUT2D eigenvalue weighted by molar-refractivity contribution is -0.384. The maximum absolute atomic E-state index is 12.9. The van der Waals surface area contributed by atoms with Crippen molar-refractivity contribution in [3.63, 3.8) is 0 Å². The van der Waals surface area contributed by atoms with Gasteiger partial charge in [0.25, 0.3) is 5.69 Å². The van der Waals surface area contributed by atoms with Crippen molar-refractivity contribution >= 4 is 23.1 Å². The molecule has 0 radical (unpaired) electrons. The number of hydrogen-bond donors (Lipinski definition) is 0. The maximum Gasteiger partial charge on any atom is 0.309 e. The molecule has 0 atom stereocenters. The van der Waals surface area contributed by atoms with Crippen LogP contribution in [0.15, 0.2) is 48.5 Å². The van der Waals surface area contributed by atoms with Crippen LogP contribution < -0.4 is 4.90 Å². The first-order valence-electron chi connectivity index (χ1n) is 8.89. The molecule has 2 aromatic rings. The second kappa shape index (κ2) is 8.60. The number of ketones is 1. The molecule has 8 heteroatoms. The zero-order valence-electron chi connectivity index (χ0n) is 15.0. The number of benzene rings is 2. The van der Waals surface area contributed by atoms with E-state index in [0.29, 0.717) is 31.6 Å². The quantitative estimate of drug-likeness (QED) is 0.327. The Kier molecular flexibility index (Phi) is 5.98. The number of carbonyl (C=O) groups excluding carboxylic acids is 2. The molecule has 2 aromatic carbocycles. The summed E-state index contributed by atoms with van der Waals surface area (Å²) in [5.41, 5.74) is 0.847. The Hall–Kier alpha value is -3.29. The van der Waals surface area contributed by atoms with Crippen molar-refractivity contribution in [1.29, 1.82) is 0 Å². The van der Waals surface area contributed by atoms with Crippen LogP contribution in [0.3, 0.4) is 0 Å². The second-order valence-electron chi connectivity index (χ2n) is 6.54. The maximum atomic E-state index is 12.9. The Labute approximate surface area is 160 Å². The first-order valence-corrected chi connectivity index (χ1v) is 8.89. The molecule has 0 aromatic heterocycles. The summed E-state index contributed by atoms with van der Waals surface area (Å²) in [5, 5.41) is 11.2. The molecule has 0 amide bonds. The predicted octanol–water partition coefficient (Wildman–Crippen LogP) is 3.38. The highest BCUT2D eigenvalue weighted by Gasteiger charge is 2.29. The standard InChI is InChI=1S/C20H19FN2O5/c21-16-7-5-14(6-8-16)19(24)13-28-20(25)15-9-11-22(12-10-15)17-3-1-2-4-18(17)23(26)27/h1-8,15H,9-13H2. The molecule has 1 aliphatic rings. The van der Waals surface area contributed by atoms with Crippen molar-refractivity contribution in [2.24, 2.45) is 5.92 Å². The largest absolute Gasteiger partial charge is 0.457 e. The summed E-state index contributed by atoms with van der Waals surface area (Å²) in [6, 6.07) is 11.5. The van der Waals surface area contributed by atoms with Gasteiger partial charge in [-0.25, -0.2) is 4.39 Å². The Morgan fingerprint density at radius 2 is 1.75 bits per heavy atom. The number of nitrogens with zero attached hydrogens (tertiary/aromatic N) is 2. The van der Waals surface area contributed by atoms with Crippen LogP contribution in [0, 0.1) is 21.8 Å². The summed E-state index contributed by atoms with van der Waals surface area (Å²) >= 11 is 0. The van der Waals surface area contributed by atoms with Gasteiger partial charge in [-0.05, 0) is 43.2 Å². The number of halogens is 1. The van der Waals surface area contributed by atoms with Crippen LogP contribution in [0.2, 0.25) is 0 Å². The molecule has 0 unspecified atom stereocenters. The average Bonchev–Trinajstić information content (AvgIpc) is 2.72. The SMILES string of the molecule is O=C(COC(=O)C1CCN(c2ccccc2[N+](=O)[O-])CC1)c1ccc(F)cc1. The Balaban J connectivity index is 1.52. The van der Waals surface area contributed by atoms with E-state index >= 15 is 0 Å². The van der Waals surface area contributed by atoms with E-state index in [1.807, 2.05) is 4.90 Å². The molecule has 28 heavy (non-hydrogen) atoms. The van der Waals surface area contributed by atoms with Crippen LogP contribution in [0.5, 0.6) is 0 Å². The van der Waals surface area contributed by atoms with Crippen LogP contribution in [-0.4, -0.2) is 36.4 Å². The number of piperidine rings is 1. The van der Waals surface area contributed by atoms with Gasteiger partial charge in [-0.1, -0.05) is 12.1 Å². The first kappa shape index (κ1) is 19.5. The van der Waals surface area contributed by atoms with E-state index in [9.17, 15) is 24.1 Å². The lowest BCUT2D eigenvalue weighted by Crippen LogP contribution is -2.37. The topological polar surface area (TPSA) is 89.8 Å². The molecule has 0 saturated carbocycles. The van der Waals surface area contributed by atoms with E-state index < -0.39 is 29.1 Å². The minimum atomic E-state index is -0.460. The number of nitro groups is 1. The minimum absolute atomic E-state index is 0.0356. The number of anilines is 1. The van der Waals surface area contributed by atoms with Crippen molar-refractivity contribution in [2.45, 2.75) is 12.8 Å². The van der Waals surface area contributed by atoms with Gasteiger partial charge < -0.3 is 9.64 Å². The number of esters is 1. The van der Waals surface area contributed by atoms with E-state index in [4.69, 9.17) is 4.74 Å². The molecule has 0 spiro atoms. The third kappa shape index (κ3) is 4.51. The van der Waals surface area contributed by atoms with Gasteiger partial charge in [-0.3, -0.25) is 19.7 Å². The first-order chi connectivity index (χ1) is 13.5. The highest BCUT2D eigenvalue weighted by atomic mass is 19.1. The van der Waals surface area contributed by atoms with Crippen molar-refractivity contribution in [1.82, 2.24) is 0 Å². The van der Waals surface area contributed by atoms with Crippen molar-refractivity contribution in [3.05, 3.63) is 70.0 Å². The van der Waals surface area contributed by atoms with Crippen molar-refractivity contribution < 1.29 is 23.6 Å². The van der Waals surface area contributed by atoms with Crippen molar-refractivity contribution in [3.8, 4) is 0 Å². The smallest absolute Gasteiger partial charge is 0.309 e. The molecule has 1 aliphatic heterocycles. The van der Waals surface area contributed by atoms with Gasteiger partial charge in [-0.15, -0.1) is 0 Å². The molecule has 1 heterocycles. The van der Waals surface area contributed by atoms with Crippen LogP contribution in [-0.2, 0) is 9.53 Å². The number of para-hydroxylation sites is 2. The molecule has 0 N–H and O–H groups in total. The van der Waals surface area contributed by atoms with Crippen molar-refractivity contribution in [2.75, 3.05) is 24.6 Å². The van der Waals surface area contributed by atoms with Crippen LogP contribution in [0.1, 0.15) is 23.2 Å². The zero-order chi connectivity index (χ0) is 20.1. The molecule has 1 saturated heterocycles. The van der Waals surface area contributed by atoms with Gasteiger partial charge in [0.2, 0.25) is 0 Å². The normalized spacial score (nSPS) is 14.5. The minimum Gasteiger partial charge on any atom is -0.457 e. The summed E-state index contributed by atoms with van der Waals surface area (Å²) in [6.07, 6.45) is 0.964. The molecule has 1 fully saturated rings. The molecule has 146 valence electrons. The van der Waals surface area contributed by atoms with Crippen LogP contribution in [0.4, 0.5) is 15.8 Å². The lowest BCUT2D eigenvalue weighted by atomic mass is 9.96. The molecule has 7 nitrogen and oxygen atoms in total. The summed E-state index contributed by atoms with van der Waals surface area (Å²) < 4.78 is 18.0. The molecule has 0 bridgehead atoms. The summed E-state index contributed by atoms with van der Waals surface area (Å²) in [6.45, 7) is 0.571. The fourth-order valence-electron chi connectivity index (χ4n) is 3.22. The predicted molar refractivity (Wildman–Crippen MR) is 99.7 cm³/mol. The Morgan fingerprint density at radius 3 is 2.39 bits per heavy atom. The Bertz CT molecular complexity index is 876. The van der Waals surface area contributed by atoms with Gasteiger partial charge in [0.05, 0.1) is 10.8 Å². The number of nitro benzene ring substituents is 1. The van der Waals surface area contributed by atoms with E-state index in [-0.39, 0.29) is 17.2 Å². The average molecular weight is 386 g/mol. The molecular weight excluding hydrogens is 367 g/mol. The third-order valence-corrected chi connectivity index (χ3v) is 4.76. The van der Waals surface area contributed by atoms with Crippen LogP contribution in [0.25, 0.3) is 0 Å². The highest BCUT2D eigenvalue weighted by Crippen LogP contribution is 2.31. The number of hydrogen-bond acceptors (Lipinski definition) is 6. The summed E-state index contributed by atoms with van der Waals surface area (Å²) in [4.78, 5) is 36.9. The van der Waals surface area contributed by atoms with E-state index in [1.165, 1.54) is 30.3 Å². The molecular formula is C20H19FN2O5. The summed E-state index contributed by atoms with van der Waals surface area (Å²) in [5.74, 6) is -1.66. The fraction of sp³-hybridized carbons (Fsp3) is 0.300. The van der Waals surface area contributed by atoms with Crippen LogP contribution >= 0.6 is 0 Å². The summed E-state index contributed by atoms with van der Waals surface area (Å²) in [7, 11) is 0. The van der Waals surface area contributed by atoms with Gasteiger partial charge in [-0.2, -0.15) is 0 Å². The number of Topliss-reactive ketones (excluding diaryl/α,β-unsaturated/α-hetero) is 1. The second-order valence-corrected chi connectivity index (χ2v) is 6.54. The highest BCUT2D eigenvalue weighted by molar-refractivity contribution is 5.98. The molecule has 0 aliphatic carbocycles. The third-order valence-electron chi connectivity index (χ3n) is 4.76. The molecule has 3 rings (SSSR count). The van der Waals surface area contributed by atoms with Gasteiger partial charge in [0.1, 0.15) is 11.5 Å². The van der Waals surface area contributed by atoms with E-state index in [0.717, 1.165) is 0 Å². The zero-order valence-corrected chi connectivity index (χ0v) is 15.0.